The lowest BCUT2D eigenvalue weighted by Crippen LogP contribution is -2.42. The lowest BCUT2D eigenvalue weighted by molar-refractivity contribution is 0.0194. The highest BCUT2D eigenvalue weighted by molar-refractivity contribution is 7.89. The number of fused-ring (bicyclic) bond motifs is 1. The van der Waals surface area contributed by atoms with E-state index < -0.39 is 21.1 Å². The van der Waals surface area contributed by atoms with Gasteiger partial charge in [-0.3, -0.25) is 9.48 Å². The summed E-state index contributed by atoms with van der Waals surface area (Å²) in [4.78, 5) is 15.6. The molecule has 2 N–H and O–H groups in total. The Labute approximate surface area is 204 Å². The normalized spacial score (nSPS) is 16.3. The standard InChI is InChI=1S/C24H30N6O4S/c1-23(2,3)29(4)35(32,33)18-7-5-17(6-8-18)27-21-20-19(9-14-26-22(20)31)30(28-21)24(10-13-25)11-15-34-16-12-24/h5-9,14H,10-12,15-16H2,1-4H3,(H,26,31)(H,27,28). The number of anilines is 2. The van der Waals surface area contributed by atoms with E-state index in [1.165, 1.54) is 16.4 Å². The van der Waals surface area contributed by atoms with Crippen LogP contribution < -0.4 is 10.9 Å². The number of nitriles is 1. The Morgan fingerprint density at radius 3 is 2.49 bits per heavy atom. The molecule has 11 heteroatoms. The van der Waals surface area contributed by atoms with Crippen LogP contribution in [0.2, 0.25) is 0 Å². The number of sulfonamides is 1. The second-order valence-electron chi connectivity index (χ2n) is 9.79. The monoisotopic (exact) mass is 498 g/mol. The Balaban J connectivity index is 1.73. The van der Waals surface area contributed by atoms with Crippen molar-refractivity contribution in [2.24, 2.45) is 0 Å². The lowest BCUT2D eigenvalue weighted by atomic mass is 9.87. The fourth-order valence-corrected chi connectivity index (χ4v) is 5.77. The van der Waals surface area contributed by atoms with Crippen molar-refractivity contribution in [1.82, 2.24) is 19.1 Å². The van der Waals surface area contributed by atoms with Crippen molar-refractivity contribution in [2.45, 2.75) is 56.0 Å². The van der Waals surface area contributed by atoms with Crippen LogP contribution in [0.4, 0.5) is 11.5 Å². The molecular weight excluding hydrogens is 468 g/mol. The third-order valence-electron chi connectivity index (χ3n) is 6.60. The van der Waals surface area contributed by atoms with Gasteiger partial charge in [0.25, 0.3) is 5.56 Å². The number of pyridine rings is 1. The summed E-state index contributed by atoms with van der Waals surface area (Å²) in [6, 6.07) is 10.4. The number of hydrogen-bond donors (Lipinski definition) is 2. The van der Waals surface area contributed by atoms with Crippen LogP contribution >= 0.6 is 0 Å². The van der Waals surface area contributed by atoms with Crippen molar-refractivity contribution in [3.63, 3.8) is 0 Å². The van der Waals surface area contributed by atoms with Gasteiger partial charge < -0.3 is 15.0 Å². The van der Waals surface area contributed by atoms with Gasteiger partial charge in [0.1, 0.15) is 5.39 Å². The highest BCUT2D eigenvalue weighted by Crippen LogP contribution is 2.37. The minimum atomic E-state index is -3.66. The summed E-state index contributed by atoms with van der Waals surface area (Å²) < 4.78 is 34.5. The Bertz CT molecular complexity index is 1420. The Morgan fingerprint density at radius 2 is 1.89 bits per heavy atom. The molecule has 35 heavy (non-hydrogen) atoms. The number of ether oxygens (including phenoxy) is 1. The number of aromatic nitrogens is 3. The number of nitrogens with one attached hydrogen (secondary N) is 2. The van der Waals surface area contributed by atoms with Gasteiger partial charge >= 0.3 is 0 Å². The molecule has 0 radical (unpaired) electrons. The molecule has 186 valence electrons. The van der Waals surface area contributed by atoms with Crippen LogP contribution in [-0.2, 0) is 20.3 Å². The second kappa shape index (κ2) is 9.11. The summed E-state index contributed by atoms with van der Waals surface area (Å²) >= 11 is 0. The van der Waals surface area contributed by atoms with Crippen LogP contribution in [0, 0.1) is 11.3 Å². The second-order valence-corrected chi connectivity index (χ2v) is 11.8. The summed E-state index contributed by atoms with van der Waals surface area (Å²) in [6.45, 7) is 6.51. The van der Waals surface area contributed by atoms with Crippen LogP contribution in [0.15, 0.2) is 46.2 Å². The highest BCUT2D eigenvalue weighted by Gasteiger charge is 2.37. The summed E-state index contributed by atoms with van der Waals surface area (Å²) in [7, 11) is -2.11. The Hall–Kier alpha value is -3.20. The van der Waals surface area contributed by atoms with Gasteiger partial charge in [-0.2, -0.15) is 14.7 Å². The topological polar surface area (TPSA) is 133 Å². The van der Waals surface area contributed by atoms with E-state index in [-0.39, 0.29) is 16.9 Å². The minimum absolute atomic E-state index is 0.170. The molecule has 1 saturated heterocycles. The molecule has 0 aliphatic carbocycles. The molecule has 4 rings (SSSR count). The smallest absolute Gasteiger partial charge is 0.261 e. The van der Waals surface area contributed by atoms with E-state index in [4.69, 9.17) is 9.84 Å². The van der Waals surface area contributed by atoms with E-state index in [1.807, 2.05) is 20.8 Å². The van der Waals surface area contributed by atoms with E-state index in [2.05, 4.69) is 16.4 Å². The van der Waals surface area contributed by atoms with E-state index in [1.54, 1.807) is 36.1 Å². The fourth-order valence-electron chi connectivity index (χ4n) is 4.25. The van der Waals surface area contributed by atoms with Crippen LogP contribution in [0.25, 0.3) is 10.9 Å². The van der Waals surface area contributed by atoms with Gasteiger partial charge in [0.2, 0.25) is 10.0 Å². The predicted molar refractivity (Wildman–Crippen MR) is 133 cm³/mol. The molecular formula is C24H30N6O4S. The molecule has 3 aromatic rings. The number of H-pyrrole nitrogens is 1. The van der Waals surface area contributed by atoms with Crippen molar-refractivity contribution >= 4 is 32.4 Å². The fraction of sp³-hybridized carbons (Fsp3) is 0.458. The quantitative estimate of drug-likeness (QED) is 0.533. The lowest BCUT2D eigenvalue weighted by Gasteiger charge is -2.36. The third-order valence-corrected chi connectivity index (χ3v) is 8.74. The Morgan fingerprint density at radius 1 is 1.23 bits per heavy atom. The molecule has 0 spiro atoms. The maximum absolute atomic E-state index is 13.0. The van der Waals surface area contributed by atoms with Gasteiger partial charge in [0.05, 0.1) is 28.4 Å². The van der Waals surface area contributed by atoms with Gasteiger partial charge in [-0.25, -0.2) is 8.42 Å². The number of hydrogen-bond acceptors (Lipinski definition) is 7. The van der Waals surface area contributed by atoms with Gasteiger partial charge in [-0.15, -0.1) is 0 Å². The first-order valence-electron chi connectivity index (χ1n) is 11.4. The van der Waals surface area contributed by atoms with Gasteiger partial charge in [0.15, 0.2) is 5.82 Å². The molecule has 2 aromatic heterocycles. The minimum Gasteiger partial charge on any atom is -0.381 e. The summed E-state index contributed by atoms with van der Waals surface area (Å²) in [6.07, 6.45) is 3.03. The van der Waals surface area contributed by atoms with Gasteiger partial charge in [-0.05, 0) is 63.9 Å². The number of benzene rings is 1. The number of aromatic amines is 1. The van der Waals surface area contributed by atoms with Crippen molar-refractivity contribution in [3.8, 4) is 6.07 Å². The van der Waals surface area contributed by atoms with Crippen LogP contribution in [0.5, 0.6) is 0 Å². The van der Waals surface area contributed by atoms with Crippen LogP contribution in [-0.4, -0.2) is 53.3 Å². The zero-order chi connectivity index (χ0) is 25.4. The first-order valence-corrected chi connectivity index (χ1v) is 12.9. The molecule has 0 bridgehead atoms. The highest BCUT2D eigenvalue weighted by atomic mass is 32.2. The first-order chi connectivity index (χ1) is 16.5. The zero-order valence-electron chi connectivity index (χ0n) is 20.3. The van der Waals surface area contributed by atoms with E-state index >= 15 is 0 Å². The van der Waals surface area contributed by atoms with Crippen LogP contribution in [0.3, 0.4) is 0 Å². The molecule has 1 aliphatic rings. The third kappa shape index (κ3) is 4.57. The molecule has 0 amide bonds. The zero-order valence-corrected chi connectivity index (χ0v) is 21.1. The molecule has 1 fully saturated rings. The molecule has 1 aromatic carbocycles. The maximum Gasteiger partial charge on any atom is 0.261 e. The molecule has 1 aliphatic heterocycles. The summed E-state index contributed by atoms with van der Waals surface area (Å²) in [5.74, 6) is 0.341. The number of nitrogens with zero attached hydrogens (tertiary/aromatic N) is 4. The van der Waals surface area contributed by atoms with Crippen molar-refractivity contribution in [3.05, 3.63) is 46.9 Å². The maximum atomic E-state index is 13.0. The average molecular weight is 499 g/mol. The first kappa shape index (κ1) is 24.9. The van der Waals surface area contributed by atoms with E-state index in [0.29, 0.717) is 48.5 Å². The molecule has 0 atom stereocenters. The SMILES string of the molecule is CN(C(C)(C)C)S(=O)(=O)c1ccc(Nc2nn(C3(CC#N)CCOCC3)c3cc[nH]c(=O)c23)cc1. The van der Waals surface area contributed by atoms with Crippen molar-refractivity contribution in [1.29, 1.82) is 5.26 Å². The molecule has 10 nitrogen and oxygen atoms in total. The van der Waals surface area contributed by atoms with Crippen molar-refractivity contribution < 1.29 is 13.2 Å². The number of rotatable bonds is 6. The summed E-state index contributed by atoms with van der Waals surface area (Å²) in [5, 5.41) is 17.8. The van der Waals surface area contributed by atoms with Crippen LogP contribution in [0.1, 0.15) is 40.0 Å². The van der Waals surface area contributed by atoms with Gasteiger partial charge in [0, 0.05) is 37.7 Å². The van der Waals surface area contributed by atoms with E-state index in [9.17, 15) is 18.5 Å². The predicted octanol–water partition coefficient (Wildman–Crippen LogP) is 3.31. The summed E-state index contributed by atoms with van der Waals surface area (Å²) in [5.41, 5.74) is -0.236. The largest absolute Gasteiger partial charge is 0.381 e. The average Bonchev–Trinajstić information content (AvgIpc) is 3.19. The molecule has 3 heterocycles. The molecule has 0 unspecified atom stereocenters. The Kier molecular flexibility index (Phi) is 6.48. The van der Waals surface area contributed by atoms with Gasteiger partial charge in [-0.1, -0.05) is 0 Å². The van der Waals surface area contributed by atoms with Crippen molar-refractivity contribution in [2.75, 3.05) is 25.6 Å². The molecule has 0 saturated carbocycles. The van der Waals surface area contributed by atoms with E-state index in [0.717, 1.165) is 0 Å².